The maximum atomic E-state index is 2.75. The third-order valence-electron chi connectivity index (χ3n) is 13.9. The zero-order valence-electron chi connectivity index (χ0n) is 35.3. The smallest absolute Gasteiger partial charge is 0.333 e. The van der Waals surface area contributed by atoms with E-state index in [1.807, 2.05) is 0 Å². The van der Waals surface area contributed by atoms with Crippen LogP contribution in [0.1, 0.15) is 77.6 Å². The predicted octanol–water partition coefficient (Wildman–Crippen LogP) is 13.6. The second-order valence-electron chi connectivity index (χ2n) is 19.8. The number of hydrogen-bond acceptors (Lipinski definition) is 1. The van der Waals surface area contributed by atoms with Crippen molar-refractivity contribution in [2.45, 2.75) is 71.6 Å². The first-order chi connectivity index (χ1) is 28.3. The zero-order chi connectivity index (χ0) is 40.3. The molecule has 1 aliphatic carbocycles. The molecule has 3 aliphatic rings. The van der Waals surface area contributed by atoms with Crippen LogP contribution in [0, 0.1) is 0 Å². The number of rotatable bonds is 2. The number of benzene rings is 7. The van der Waals surface area contributed by atoms with Crippen LogP contribution in [0.15, 0.2) is 151 Å². The molecule has 2 aliphatic heterocycles. The van der Waals surface area contributed by atoms with Gasteiger partial charge in [0.15, 0.2) is 0 Å². The van der Waals surface area contributed by atoms with Crippen LogP contribution in [0.4, 0.5) is 11.4 Å². The summed E-state index contributed by atoms with van der Waals surface area (Å²) in [5.41, 5.74) is 20.9. The summed E-state index contributed by atoms with van der Waals surface area (Å²) >= 11 is 0. The van der Waals surface area contributed by atoms with Crippen LogP contribution in [0.5, 0.6) is 0 Å². The Morgan fingerprint density at radius 1 is 0.508 bits per heavy atom. The molecule has 4 heteroatoms. The van der Waals surface area contributed by atoms with Crippen molar-refractivity contribution in [2.24, 2.45) is 0 Å². The highest BCUT2D eigenvalue weighted by molar-refractivity contribution is 6.93. The molecule has 4 heterocycles. The van der Waals surface area contributed by atoms with Gasteiger partial charge in [-0.3, -0.25) is 0 Å². The van der Waals surface area contributed by atoms with Crippen LogP contribution in [0.3, 0.4) is 0 Å². The SMILES string of the molecule is CC(C)(C)c1ccc(N2C3=C(B4c5c(cc(C(C)(C)C)cc52)-c2cccc5c6c(ccc7c8ccccc8n(-c8ccccc8)c76)n4c25)c2ccccc2C3(C)C)cc1. The van der Waals surface area contributed by atoms with Gasteiger partial charge in [-0.25, -0.2) is 0 Å². The molecule has 0 radical (unpaired) electrons. The largest absolute Gasteiger partial charge is 0.375 e. The maximum Gasteiger partial charge on any atom is 0.333 e. The van der Waals surface area contributed by atoms with Crippen molar-refractivity contribution in [1.82, 2.24) is 9.05 Å². The van der Waals surface area contributed by atoms with Crippen molar-refractivity contribution in [3.63, 3.8) is 0 Å². The highest BCUT2D eigenvalue weighted by Crippen LogP contribution is 2.57. The Morgan fingerprint density at radius 2 is 1.19 bits per heavy atom. The van der Waals surface area contributed by atoms with E-state index in [4.69, 9.17) is 0 Å². The quantitative estimate of drug-likeness (QED) is 0.160. The van der Waals surface area contributed by atoms with Crippen molar-refractivity contribution in [3.05, 3.63) is 174 Å². The predicted molar refractivity (Wildman–Crippen MR) is 252 cm³/mol. The summed E-state index contributed by atoms with van der Waals surface area (Å²) in [5.74, 6) is 0. The molecule has 9 aromatic rings. The van der Waals surface area contributed by atoms with Crippen LogP contribution in [-0.4, -0.2) is 15.9 Å². The normalized spacial score (nSPS) is 15.5. The summed E-state index contributed by atoms with van der Waals surface area (Å²) < 4.78 is 5.27. The Labute approximate surface area is 347 Å². The van der Waals surface area contributed by atoms with E-state index in [0.717, 1.165) is 0 Å². The number of nitrogens with zero attached hydrogens (tertiary/aromatic N) is 3. The zero-order valence-corrected chi connectivity index (χ0v) is 35.3. The van der Waals surface area contributed by atoms with Gasteiger partial charge in [0.25, 0.3) is 0 Å². The Balaban J connectivity index is 1.27. The van der Waals surface area contributed by atoms with Crippen LogP contribution in [-0.2, 0) is 16.2 Å². The number of hydrogen-bond donors (Lipinski definition) is 0. The standard InChI is InChI=1S/C55H48BN3/c1-53(2,3)33-25-27-36(28-26-33)58-46-32-34(54(4,5)6)31-42-38-21-16-22-41-47-45(30-29-39-37-19-13-15-24-44(37)57(51(39)47)35-17-10-9-11-18-35)59(50(38)41)56(48(42)46)49-40-20-12-14-23-43(40)55(7,8)52(49)58/h9-32H,1-8H3. The number of allylic oxidation sites excluding steroid dienone is 1. The van der Waals surface area contributed by atoms with Gasteiger partial charge < -0.3 is 13.9 Å². The molecule has 0 spiro atoms. The average Bonchev–Trinajstić information content (AvgIpc) is 3.83. The molecule has 59 heavy (non-hydrogen) atoms. The van der Waals surface area contributed by atoms with Crippen LogP contribution < -0.4 is 10.4 Å². The molecule has 3 nitrogen and oxygen atoms in total. The van der Waals surface area contributed by atoms with Gasteiger partial charge in [0.2, 0.25) is 0 Å². The molecule has 12 rings (SSSR count). The summed E-state index contributed by atoms with van der Waals surface area (Å²) in [5, 5.41) is 5.19. The maximum absolute atomic E-state index is 2.75. The van der Waals surface area contributed by atoms with E-state index >= 15 is 0 Å². The highest BCUT2D eigenvalue weighted by atomic mass is 15.2. The molecule has 0 saturated heterocycles. The van der Waals surface area contributed by atoms with Gasteiger partial charge in [-0.05, 0) is 92.0 Å². The van der Waals surface area contributed by atoms with E-state index in [9.17, 15) is 0 Å². The van der Waals surface area contributed by atoms with Crippen molar-refractivity contribution in [2.75, 3.05) is 4.90 Å². The van der Waals surface area contributed by atoms with Gasteiger partial charge in [0, 0.05) is 66.3 Å². The summed E-state index contributed by atoms with van der Waals surface area (Å²) in [7, 11) is 0. The van der Waals surface area contributed by atoms with Gasteiger partial charge in [-0.1, -0.05) is 159 Å². The number of fused-ring (bicyclic) bond motifs is 12. The molecule has 0 fully saturated rings. The third kappa shape index (κ3) is 4.50. The van der Waals surface area contributed by atoms with Crippen LogP contribution in [0.2, 0.25) is 0 Å². The number of para-hydroxylation sites is 3. The van der Waals surface area contributed by atoms with E-state index in [1.54, 1.807) is 0 Å². The van der Waals surface area contributed by atoms with Crippen LogP contribution in [0.25, 0.3) is 65.9 Å². The first kappa shape index (κ1) is 34.8. The summed E-state index contributed by atoms with van der Waals surface area (Å²) in [6.07, 6.45) is 0. The lowest BCUT2D eigenvalue weighted by Gasteiger charge is -2.44. The molecule has 0 saturated carbocycles. The van der Waals surface area contributed by atoms with Crippen molar-refractivity contribution >= 4 is 72.8 Å². The minimum atomic E-state index is -0.254. The highest BCUT2D eigenvalue weighted by Gasteiger charge is 2.52. The number of aromatic nitrogens is 2. The monoisotopic (exact) mass is 761 g/mol. The molecule has 7 aromatic carbocycles. The van der Waals surface area contributed by atoms with Gasteiger partial charge in [-0.2, -0.15) is 0 Å². The van der Waals surface area contributed by atoms with Gasteiger partial charge in [-0.15, -0.1) is 0 Å². The lowest BCUT2D eigenvalue weighted by atomic mass is 9.43. The summed E-state index contributed by atoms with van der Waals surface area (Å²) in [4.78, 5) is 2.66. The summed E-state index contributed by atoms with van der Waals surface area (Å²) in [6.45, 7) is 18.9. The Kier molecular flexibility index (Phi) is 6.76. The fraction of sp³-hybridized carbons (Fsp3) is 0.200. The van der Waals surface area contributed by atoms with Gasteiger partial charge in [0.1, 0.15) is 0 Å². The Bertz CT molecular complexity index is 3310. The Hall–Kier alpha value is -6.26. The topological polar surface area (TPSA) is 13.1 Å². The molecule has 0 unspecified atom stereocenters. The van der Waals surface area contributed by atoms with Crippen LogP contribution >= 0.6 is 0 Å². The number of anilines is 2. The molecule has 0 bridgehead atoms. The second kappa shape index (κ2) is 11.5. The molecule has 2 aromatic heterocycles. The minimum Gasteiger partial charge on any atom is -0.375 e. The lowest BCUT2D eigenvalue weighted by molar-refractivity contribution is 0.589. The molecule has 0 N–H and O–H groups in total. The first-order valence-corrected chi connectivity index (χ1v) is 21.3. The Morgan fingerprint density at radius 3 is 1.95 bits per heavy atom. The molecular weight excluding hydrogens is 713 g/mol. The minimum absolute atomic E-state index is 0.0288. The van der Waals surface area contributed by atoms with Crippen molar-refractivity contribution in [3.8, 4) is 16.8 Å². The van der Waals surface area contributed by atoms with Gasteiger partial charge >= 0.3 is 6.85 Å². The van der Waals surface area contributed by atoms with E-state index < -0.39 is 0 Å². The first-order valence-electron chi connectivity index (χ1n) is 21.3. The summed E-state index contributed by atoms with van der Waals surface area (Å²) in [6, 6.07) is 55.6. The second-order valence-corrected chi connectivity index (χ2v) is 19.8. The molecule has 0 atom stereocenters. The fourth-order valence-corrected chi connectivity index (χ4v) is 11.2. The molecule has 0 amide bonds. The van der Waals surface area contributed by atoms with Crippen molar-refractivity contribution in [1.29, 1.82) is 0 Å². The van der Waals surface area contributed by atoms with E-state index in [2.05, 4.69) is 215 Å². The van der Waals surface area contributed by atoms with Crippen molar-refractivity contribution < 1.29 is 0 Å². The molecule has 286 valence electrons. The average molecular weight is 762 g/mol. The van der Waals surface area contributed by atoms with E-state index in [1.165, 1.54) is 111 Å². The molecular formula is C55H48BN3. The van der Waals surface area contributed by atoms with E-state index in [0.29, 0.717) is 0 Å². The van der Waals surface area contributed by atoms with E-state index in [-0.39, 0.29) is 23.1 Å². The lowest BCUT2D eigenvalue weighted by Crippen LogP contribution is -2.50. The van der Waals surface area contributed by atoms with Gasteiger partial charge in [0.05, 0.1) is 11.0 Å². The fourth-order valence-electron chi connectivity index (χ4n) is 11.2. The third-order valence-corrected chi connectivity index (χ3v) is 13.9.